The Morgan fingerprint density at radius 1 is 1.79 bits per heavy atom. The molecular weight excluding hydrogens is 184 g/mol. The molecule has 0 aromatic carbocycles. The van der Waals surface area contributed by atoms with Crippen LogP contribution in [0.5, 0.6) is 0 Å². The first-order valence-corrected chi connectivity index (χ1v) is 4.52. The summed E-state index contributed by atoms with van der Waals surface area (Å²) in [4.78, 5) is 11.3. The molecular formula is C8H12N4O2. The third kappa shape index (κ3) is 1.48. The first-order chi connectivity index (χ1) is 6.83. The van der Waals surface area contributed by atoms with Crippen LogP contribution in [0.25, 0.3) is 0 Å². The average Bonchev–Trinajstić information content (AvgIpc) is 2.85. The highest BCUT2D eigenvalue weighted by atomic mass is 16.5. The normalized spacial score (nSPS) is 21.1. The first-order valence-electron chi connectivity index (χ1n) is 4.52. The van der Waals surface area contributed by atoms with Crippen molar-refractivity contribution in [2.45, 2.75) is 12.5 Å². The Labute approximate surface area is 81.2 Å². The molecule has 6 heteroatoms. The van der Waals surface area contributed by atoms with E-state index in [1.54, 1.807) is 4.68 Å². The Morgan fingerprint density at radius 3 is 3.29 bits per heavy atom. The van der Waals surface area contributed by atoms with Crippen molar-refractivity contribution >= 4 is 5.97 Å². The standard InChI is InChI=1S/C8H12N4O2/c1-14-8(13)7-5-10-11-12(7)6-2-3-9-4-6/h5-6,9H,2-4H2,1H3. The van der Waals surface area contributed by atoms with Crippen LogP contribution in [0.4, 0.5) is 0 Å². The quantitative estimate of drug-likeness (QED) is 0.652. The SMILES string of the molecule is COC(=O)c1cnnn1C1CCNC1. The Balaban J connectivity index is 2.24. The van der Waals surface area contributed by atoms with Crippen LogP contribution in [0.15, 0.2) is 6.20 Å². The second kappa shape index (κ2) is 3.75. The van der Waals surface area contributed by atoms with Crippen LogP contribution in [-0.2, 0) is 4.74 Å². The van der Waals surface area contributed by atoms with Gasteiger partial charge in [0.1, 0.15) is 0 Å². The number of hydrogen-bond acceptors (Lipinski definition) is 5. The minimum absolute atomic E-state index is 0.214. The molecule has 0 spiro atoms. The topological polar surface area (TPSA) is 69.0 Å². The molecule has 1 aliphatic heterocycles. The molecule has 1 aliphatic rings. The third-order valence-electron chi connectivity index (χ3n) is 2.35. The zero-order chi connectivity index (χ0) is 9.97. The van der Waals surface area contributed by atoms with E-state index in [1.165, 1.54) is 13.3 Å². The smallest absolute Gasteiger partial charge is 0.358 e. The fourth-order valence-corrected chi connectivity index (χ4v) is 1.61. The van der Waals surface area contributed by atoms with Gasteiger partial charge in [-0.2, -0.15) is 0 Å². The lowest BCUT2D eigenvalue weighted by molar-refractivity contribution is 0.0584. The monoisotopic (exact) mass is 196 g/mol. The van der Waals surface area contributed by atoms with Gasteiger partial charge in [0.15, 0.2) is 5.69 Å². The maximum Gasteiger partial charge on any atom is 0.358 e. The molecule has 1 fully saturated rings. The van der Waals surface area contributed by atoms with E-state index >= 15 is 0 Å². The number of nitrogens with zero attached hydrogens (tertiary/aromatic N) is 3. The van der Waals surface area contributed by atoms with E-state index in [0.29, 0.717) is 5.69 Å². The molecule has 2 rings (SSSR count). The van der Waals surface area contributed by atoms with Gasteiger partial charge in [-0.15, -0.1) is 5.10 Å². The number of esters is 1. The fraction of sp³-hybridized carbons (Fsp3) is 0.625. The Kier molecular flexibility index (Phi) is 2.45. The van der Waals surface area contributed by atoms with Crippen LogP contribution >= 0.6 is 0 Å². The van der Waals surface area contributed by atoms with Crippen molar-refractivity contribution in [3.63, 3.8) is 0 Å². The van der Waals surface area contributed by atoms with Gasteiger partial charge in [-0.1, -0.05) is 5.21 Å². The summed E-state index contributed by atoms with van der Waals surface area (Å²) in [7, 11) is 1.35. The zero-order valence-electron chi connectivity index (χ0n) is 7.93. The molecule has 76 valence electrons. The van der Waals surface area contributed by atoms with Gasteiger partial charge >= 0.3 is 5.97 Å². The minimum Gasteiger partial charge on any atom is -0.464 e. The molecule has 1 saturated heterocycles. The molecule has 1 aromatic heterocycles. The third-order valence-corrected chi connectivity index (χ3v) is 2.35. The number of carbonyl (C=O) groups is 1. The molecule has 14 heavy (non-hydrogen) atoms. The molecule has 2 heterocycles. The van der Waals surface area contributed by atoms with Crippen LogP contribution < -0.4 is 5.32 Å². The molecule has 0 aliphatic carbocycles. The van der Waals surface area contributed by atoms with Crippen LogP contribution in [0.1, 0.15) is 23.0 Å². The summed E-state index contributed by atoms with van der Waals surface area (Å²) in [5.74, 6) is -0.387. The van der Waals surface area contributed by atoms with Crippen molar-refractivity contribution in [2.75, 3.05) is 20.2 Å². The zero-order valence-corrected chi connectivity index (χ0v) is 7.93. The summed E-state index contributed by atoms with van der Waals surface area (Å²) >= 11 is 0. The molecule has 0 bridgehead atoms. The van der Waals surface area contributed by atoms with Gasteiger partial charge in [-0.3, -0.25) is 0 Å². The average molecular weight is 196 g/mol. The van der Waals surface area contributed by atoms with Crippen LogP contribution in [0.3, 0.4) is 0 Å². The van der Waals surface area contributed by atoms with E-state index in [4.69, 9.17) is 0 Å². The predicted octanol–water partition coefficient (Wildman–Crippen LogP) is -0.401. The number of nitrogens with one attached hydrogen (secondary N) is 1. The highest BCUT2D eigenvalue weighted by Gasteiger charge is 2.23. The Bertz CT molecular complexity index is 330. The minimum atomic E-state index is -0.387. The number of methoxy groups -OCH3 is 1. The Hall–Kier alpha value is -1.43. The lowest BCUT2D eigenvalue weighted by Crippen LogP contribution is -2.19. The van der Waals surface area contributed by atoms with Crippen molar-refractivity contribution in [3.8, 4) is 0 Å². The number of aromatic nitrogens is 3. The molecule has 1 N–H and O–H groups in total. The number of rotatable bonds is 2. The van der Waals surface area contributed by atoms with Crippen molar-refractivity contribution in [1.29, 1.82) is 0 Å². The Morgan fingerprint density at radius 2 is 2.64 bits per heavy atom. The molecule has 1 atom stereocenters. The molecule has 1 unspecified atom stereocenters. The molecule has 0 saturated carbocycles. The maximum atomic E-state index is 11.3. The second-order valence-corrected chi connectivity index (χ2v) is 3.20. The molecule has 0 amide bonds. The van der Waals surface area contributed by atoms with E-state index in [9.17, 15) is 4.79 Å². The van der Waals surface area contributed by atoms with Gasteiger partial charge in [-0.05, 0) is 13.0 Å². The van der Waals surface area contributed by atoms with Crippen LogP contribution in [-0.4, -0.2) is 41.2 Å². The lowest BCUT2D eigenvalue weighted by atomic mass is 10.2. The highest BCUT2D eigenvalue weighted by molar-refractivity contribution is 5.86. The van der Waals surface area contributed by atoms with Gasteiger partial charge in [0.25, 0.3) is 0 Å². The number of carbonyl (C=O) groups excluding carboxylic acids is 1. The van der Waals surface area contributed by atoms with E-state index in [2.05, 4.69) is 20.4 Å². The van der Waals surface area contributed by atoms with E-state index in [1.807, 2.05) is 0 Å². The molecule has 6 nitrogen and oxygen atoms in total. The van der Waals surface area contributed by atoms with Gasteiger partial charge in [0.2, 0.25) is 0 Å². The second-order valence-electron chi connectivity index (χ2n) is 3.20. The first kappa shape index (κ1) is 9.14. The summed E-state index contributed by atoms with van der Waals surface area (Å²) in [5, 5.41) is 10.8. The van der Waals surface area contributed by atoms with Crippen molar-refractivity contribution < 1.29 is 9.53 Å². The van der Waals surface area contributed by atoms with Gasteiger partial charge in [0.05, 0.1) is 19.3 Å². The van der Waals surface area contributed by atoms with Gasteiger partial charge in [-0.25, -0.2) is 9.48 Å². The van der Waals surface area contributed by atoms with Crippen LogP contribution in [0, 0.1) is 0 Å². The highest BCUT2D eigenvalue weighted by Crippen LogP contribution is 2.15. The molecule has 1 aromatic rings. The van der Waals surface area contributed by atoms with Gasteiger partial charge in [0, 0.05) is 6.54 Å². The van der Waals surface area contributed by atoms with Crippen molar-refractivity contribution in [2.24, 2.45) is 0 Å². The van der Waals surface area contributed by atoms with E-state index in [-0.39, 0.29) is 12.0 Å². The van der Waals surface area contributed by atoms with Gasteiger partial charge < -0.3 is 10.1 Å². The summed E-state index contributed by atoms with van der Waals surface area (Å²) in [6, 6.07) is 0.214. The lowest BCUT2D eigenvalue weighted by Gasteiger charge is -2.10. The largest absolute Gasteiger partial charge is 0.464 e. The predicted molar refractivity (Wildman–Crippen MR) is 47.9 cm³/mol. The van der Waals surface area contributed by atoms with E-state index < -0.39 is 0 Å². The summed E-state index contributed by atoms with van der Waals surface area (Å²) in [5.41, 5.74) is 0.418. The van der Waals surface area contributed by atoms with Crippen molar-refractivity contribution in [3.05, 3.63) is 11.9 Å². The van der Waals surface area contributed by atoms with E-state index in [0.717, 1.165) is 19.5 Å². The number of hydrogen-bond donors (Lipinski definition) is 1. The summed E-state index contributed by atoms with van der Waals surface area (Å²) < 4.78 is 6.27. The molecule has 0 radical (unpaired) electrons. The van der Waals surface area contributed by atoms with Crippen molar-refractivity contribution in [1.82, 2.24) is 20.3 Å². The fourth-order valence-electron chi connectivity index (χ4n) is 1.61. The summed E-state index contributed by atoms with van der Waals surface area (Å²) in [6.07, 6.45) is 2.40. The maximum absolute atomic E-state index is 11.3. The summed E-state index contributed by atoms with van der Waals surface area (Å²) in [6.45, 7) is 1.78. The number of ether oxygens (including phenoxy) is 1. The van der Waals surface area contributed by atoms with Crippen LogP contribution in [0.2, 0.25) is 0 Å².